The smallest absolute Gasteiger partial charge is 0.0760 e. The van der Waals surface area contributed by atoms with Gasteiger partial charge in [0.05, 0.1) is 17.8 Å². The predicted molar refractivity (Wildman–Crippen MR) is 70.0 cm³/mol. The van der Waals surface area contributed by atoms with Gasteiger partial charge in [-0.1, -0.05) is 0 Å². The molecule has 3 N–H and O–H groups in total. The topological polar surface area (TPSA) is 58.7 Å². The third-order valence-electron chi connectivity index (χ3n) is 3.12. The minimum absolute atomic E-state index is 0.0319. The molecule has 1 rings (SSSR count). The molecule has 0 bridgehead atoms. The Bertz CT molecular complexity index is 246. The molecule has 4 heteroatoms. The molecule has 17 heavy (non-hydrogen) atoms. The minimum Gasteiger partial charge on any atom is -0.394 e. The van der Waals surface area contributed by atoms with Gasteiger partial charge in [-0.25, -0.2) is 0 Å². The van der Waals surface area contributed by atoms with E-state index in [1.54, 1.807) is 0 Å². The van der Waals surface area contributed by atoms with Crippen molar-refractivity contribution in [3.05, 3.63) is 0 Å². The predicted octanol–water partition coefficient (Wildman–Crippen LogP) is 0.976. The first-order valence-electron chi connectivity index (χ1n) is 6.38. The van der Waals surface area contributed by atoms with Crippen LogP contribution in [0.5, 0.6) is 0 Å². The zero-order valence-electron chi connectivity index (χ0n) is 11.9. The first kappa shape index (κ1) is 14.9. The number of hydrogen-bond donors (Lipinski definition) is 2. The molecule has 0 aromatic heterocycles. The lowest BCUT2D eigenvalue weighted by atomic mass is 9.96. The van der Waals surface area contributed by atoms with Crippen LogP contribution in [0.2, 0.25) is 0 Å². The van der Waals surface area contributed by atoms with Crippen molar-refractivity contribution in [3.63, 3.8) is 0 Å². The Labute approximate surface area is 105 Å². The quantitative estimate of drug-likeness (QED) is 0.774. The van der Waals surface area contributed by atoms with E-state index in [9.17, 15) is 0 Å². The van der Waals surface area contributed by atoms with Crippen molar-refractivity contribution in [2.24, 2.45) is 5.73 Å². The summed E-state index contributed by atoms with van der Waals surface area (Å²) in [6, 6.07) is 0. The fourth-order valence-corrected chi connectivity index (χ4v) is 2.60. The number of nitrogens with two attached hydrogens (primary N) is 1. The number of hydrogen-bond acceptors (Lipinski definition) is 4. The Morgan fingerprint density at radius 1 is 1.24 bits per heavy atom. The van der Waals surface area contributed by atoms with Crippen LogP contribution < -0.4 is 5.73 Å². The number of aliphatic hydroxyl groups excluding tert-OH is 1. The maximum absolute atomic E-state index is 9.16. The fraction of sp³-hybridized carbons (Fsp3) is 1.00. The Balaban J connectivity index is 2.54. The van der Waals surface area contributed by atoms with Gasteiger partial charge in [-0.2, -0.15) is 0 Å². The number of aliphatic hydroxyl groups is 1. The lowest BCUT2D eigenvalue weighted by molar-refractivity contribution is -0.180. The normalized spacial score (nSPS) is 27.7. The van der Waals surface area contributed by atoms with Crippen LogP contribution in [-0.4, -0.2) is 53.0 Å². The van der Waals surface area contributed by atoms with E-state index in [-0.39, 0.29) is 17.8 Å². The second-order valence-corrected chi connectivity index (χ2v) is 6.89. The molecular formula is C13H28N2O2. The summed E-state index contributed by atoms with van der Waals surface area (Å²) in [5, 5.41) is 9.16. The van der Waals surface area contributed by atoms with E-state index in [1.807, 2.05) is 6.92 Å². The Morgan fingerprint density at radius 2 is 1.71 bits per heavy atom. The molecule has 0 spiro atoms. The maximum atomic E-state index is 9.16. The molecule has 102 valence electrons. The second-order valence-electron chi connectivity index (χ2n) is 6.89. The maximum Gasteiger partial charge on any atom is 0.0760 e. The van der Waals surface area contributed by atoms with E-state index in [0.717, 1.165) is 26.1 Å². The van der Waals surface area contributed by atoms with Crippen molar-refractivity contribution in [1.82, 2.24) is 4.90 Å². The summed E-state index contributed by atoms with van der Waals surface area (Å²) in [4.78, 5) is 2.38. The highest BCUT2D eigenvalue weighted by Crippen LogP contribution is 2.28. The third kappa shape index (κ3) is 4.92. The van der Waals surface area contributed by atoms with E-state index < -0.39 is 5.54 Å². The van der Waals surface area contributed by atoms with Gasteiger partial charge in [-0.05, 0) is 41.0 Å². The van der Waals surface area contributed by atoms with Gasteiger partial charge in [0.25, 0.3) is 0 Å². The molecule has 1 atom stereocenters. The summed E-state index contributed by atoms with van der Waals surface area (Å²) in [7, 11) is 0. The molecule has 1 aliphatic rings. The van der Waals surface area contributed by atoms with E-state index in [0.29, 0.717) is 0 Å². The lowest BCUT2D eigenvalue weighted by Gasteiger charge is -2.47. The molecule has 0 aromatic carbocycles. The number of nitrogens with zero attached hydrogens (tertiary/aromatic N) is 1. The number of morpholine rings is 1. The summed E-state index contributed by atoms with van der Waals surface area (Å²) in [6.45, 7) is 13.1. The van der Waals surface area contributed by atoms with Crippen molar-refractivity contribution in [2.75, 3.05) is 26.2 Å². The van der Waals surface area contributed by atoms with E-state index in [4.69, 9.17) is 15.6 Å². The third-order valence-corrected chi connectivity index (χ3v) is 3.12. The van der Waals surface area contributed by atoms with Crippen molar-refractivity contribution >= 4 is 0 Å². The van der Waals surface area contributed by atoms with Crippen LogP contribution >= 0.6 is 0 Å². The molecule has 4 nitrogen and oxygen atoms in total. The highest BCUT2D eigenvalue weighted by molar-refractivity contribution is 4.90. The van der Waals surface area contributed by atoms with Crippen LogP contribution in [0.25, 0.3) is 0 Å². The van der Waals surface area contributed by atoms with Crippen molar-refractivity contribution < 1.29 is 9.84 Å². The largest absolute Gasteiger partial charge is 0.394 e. The van der Waals surface area contributed by atoms with Crippen LogP contribution in [-0.2, 0) is 4.74 Å². The van der Waals surface area contributed by atoms with Crippen LogP contribution in [0, 0.1) is 0 Å². The van der Waals surface area contributed by atoms with Gasteiger partial charge in [0.15, 0.2) is 0 Å². The summed E-state index contributed by atoms with van der Waals surface area (Å²) in [6.07, 6.45) is 0.801. The zero-order chi connectivity index (χ0) is 13.3. The lowest BCUT2D eigenvalue weighted by Crippen LogP contribution is -2.58. The van der Waals surface area contributed by atoms with Gasteiger partial charge in [0.2, 0.25) is 0 Å². The van der Waals surface area contributed by atoms with Crippen LogP contribution in [0.3, 0.4) is 0 Å². The highest BCUT2D eigenvalue weighted by atomic mass is 16.5. The van der Waals surface area contributed by atoms with Crippen molar-refractivity contribution in [3.8, 4) is 0 Å². The molecule has 0 aliphatic carbocycles. The van der Waals surface area contributed by atoms with Crippen molar-refractivity contribution in [2.45, 2.75) is 57.8 Å². The van der Waals surface area contributed by atoms with Gasteiger partial charge in [-0.3, -0.25) is 4.90 Å². The minimum atomic E-state index is -0.480. The number of rotatable bonds is 4. The summed E-state index contributed by atoms with van der Waals surface area (Å²) >= 11 is 0. The average Bonchev–Trinajstić information content (AvgIpc) is 2.10. The molecule has 1 aliphatic heterocycles. The molecule has 0 amide bonds. The highest BCUT2D eigenvalue weighted by Gasteiger charge is 2.38. The Kier molecular flexibility index (Phi) is 4.24. The van der Waals surface area contributed by atoms with Gasteiger partial charge in [0.1, 0.15) is 0 Å². The molecule has 0 radical (unpaired) electrons. The summed E-state index contributed by atoms with van der Waals surface area (Å²) in [5.41, 5.74) is 5.24. The van der Waals surface area contributed by atoms with Crippen LogP contribution in [0.15, 0.2) is 0 Å². The summed E-state index contributed by atoms with van der Waals surface area (Å²) < 4.78 is 6.03. The van der Waals surface area contributed by atoms with E-state index in [2.05, 4.69) is 32.6 Å². The second kappa shape index (κ2) is 4.84. The van der Waals surface area contributed by atoms with Crippen molar-refractivity contribution in [1.29, 1.82) is 0 Å². The van der Waals surface area contributed by atoms with Gasteiger partial charge >= 0.3 is 0 Å². The Morgan fingerprint density at radius 3 is 2.12 bits per heavy atom. The van der Waals surface area contributed by atoms with E-state index in [1.165, 1.54) is 0 Å². The van der Waals surface area contributed by atoms with Crippen LogP contribution in [0.4, 0.5) is 0 Å². The first-order valence-corrected chi connectivity index (χ1v) is 6.38. The molecule has 0 aromatic rings. The number of ether oxygens (including phenoxy) is 1. The zero-order valence-corrected chi connectivity index (χ0v) is 11.9. The molecular weight excluding hydrogens is 216 g/mol. The molecule has 1 saturated heterocycles. The molecule has 1 unspecified atom stereocenters. The van der Waals surface area contributed by atoms with Crippen LogP contribution in [0.1, 0.15) is 41.0 Å². The Hall–Kier alpha value is -0.160. The molecule has 1 fully saturated rings. The van der Waals surface area contributed by atoms with Gasteiger partial charge in [0, 0.05) is 25.2 Å². The molecule has 1 heterocycles. The average molecular weight is 244 g/mol. The fourth-order valence-electron chi connectivity index (χ4n) is 2.60. The summed E-state index contributed by atoms with van der Waals surface area (Å²) in [5.74, 6) is 0. The van der Waals surface area contributed by atoms with Gasteiger partial charge < -0.3 is 15.6 Å². The first-order chi connectivity index (χ1) is 7.55. The monoisotopic (exact) mass is 244 g/mol. The standard InChI is InChI=1S/C13H28N2O2/c1-11(2)8-15(9-12(3,4)17-11)7-6-13(5,14)10-16/h16H,6-10,14H2,1-5H3. The molecule has 0 saturated carbocycles. The van der Waals surface area contributed by atoms with E-state index >= 15 is 0 Å². The SMILES string of the molecule is CC(N)(CO)CCN1CC(C)(C)OC(C)(C)C1. The van der Waals surface area contributed by atoms with Gasteiger partial charge in [-0.15, -0.1) is 0 Å².